The molecule has 0 spiro atoms. The highest BCUT2D eigenvalue weighted by Gasteiger charge is 2.22. The highest BCUT2D eigenvalue weighted by Crippen LogP contribution is 2.32. The molecule has 1 amide bonds. The van der Waals surface area contributed by atoms with Gasteiger partial charge in [-0.05, 0) is 49.6 Å². The minimum atomic E-state index is -0.357. The Morgan fingerprint density at radius 3 is 3.09 bits per heavy atom. The molecule has 1 fully saturated rings. The number of nitrogens with one attached hydrogen (secondary N) is 3. The summed E-state index contributed by atoms with van der Waals surface area (Å²) in [5.74, 6) is -0.278. The maximum atomic E-state index is 14.1. The molecular weight excluding hydrogens is 451 g/mol. The van der Waals surface area contributed by atoms with Crippen molar-refractivity contribution in [1.29, 1.82) is 0 Å². The zero-order chi connectivity index (χ0) is 23.3. The van der Waals surface area contributed by atoms with Crippen molar-refractivity contribution in [3.8, 4) is 10.6 Å². The van der Waals surface area contributed by atoms with Crippen LogP contribution in [0.3, 0.4) is 0 Å². The fourth-order valence-electron chi connectivity index (χ4n) is 4.32. The van der Waals surface area contributed by atoms with Gasteiger partial charge < -0.3 is 20.9 Å². The van der Waals surface area contributed by atoms with Crippen molar-refractivity contribution in [3.05, 3.63) is 77.8 Å². The third-order valence-electron chi connectivity index (χ3n) is 6.02. The second-order valence-electron chi connectivity index (χ2n) is 8.40. The lowest BCUT2D eigenvalue weighted by atomic mass is 10.1. The molecule has 0 unspecified atom stereocenters. The molecular formula is C25H27FN6OS. The monoisotopic (exact) mass is 478 g/mol. The van der Waals surface area contributed by atoms with E-state index in [1.54, 1.807) is 18.5 Å². The van der Waals surface area contributed by atoms with E-state index in [1.165, 1.54) is 23.0 Å². The van der Waals surface area contributed by atoms with Crippen LogP contribution in [-0.2, 0) is 4.79 Å². The summed E-state index contributed by atoms with van der Waals surface area (Å²) in [7, 11) is 0. The molecule has 4 heterocycles. The predicted octanol–water partition coefficient (Wildman–Crippen LogP) is 3.94. The number of amides is 1. The number of nitrogens with zero attached hydrogens (tertiary/aromatic N) is 3. The molecule has 2 aromatic heterocycles. The third-order valence-corrected chi connectivity index (χ3v) is 6.94. The number of halogens is 1. The number of carbonyl (C=O) groups is 1. The van der Waals surface area contributed by atoms with Crippen LogP contribution < -0.4 is 16.0 Å². The van der Waals surface area contributed by atoms with Crippen molar-refractivity contribution in [2.45, 2.75) is 31.7 Å². The van der Waals surface area contributed by atoms with Crippen molar-refractivity contribution < 1.29 is 9.18 Å². The summed E-state index contributed by atoms with van der Waals surface area (Å²) in [6.45, 7) is 2.17. The summed E-state index contributed by atoms with van der Waals surface area (Å²) in [4.78, 5) is 23.7. The number of pyridine rings is 1. The van der Waals surface area contributed by atoms with Crippen LogP contribution in [0.2, 0.25) is 0 Å². The lowest BCUT2D eigenvalue weighted by Gasteiger charge is -2.27. The number of carbonyl (C=O) groups excluding carboxylic acids is 1. The van der Waals surface area contributed by atoms with Gasteiger partial charge in [-0.1, -0.05) is 29.6 Å². The van der Waals surface area contributed by atoms with Crippen LogP contribution in [0.1, 0.15) is 25.7 Å². The molecule has 1 atom stereocenters. The summed E-state index contributed by atoms with van der Waals surface area (Å²) in [5.41, 5.74) is 3.66. The van der Waals surface area contributed by atoms with E-state index in [9.17, 15) is 9.18 Å². The number of hydrogen-bond donors (Lipinski definition) is 3. The second-order valence-corrected chi connectivity index (χ2v) is 9.43. The fraction of sp³-hybridized carbons (Fsp3) is 0.320. The molecule has 5 rings (SSSR count). The van der Waals surface area contributed by atoms with Gasteiger partial charge in [0, 0.05) is 49.5 Å². The predicted molar refractivity (Wildman–Crippen MR) is 132 cm³/mol. The molecule has 7 nitrogen and oxygen atoms in total. The number of thiazole rings is 1. The average Bonchev–Trinajstić information content (AvgIpc) is 3.49. The van der Waals surface area contributed by atoms with E-state index in [-0.39, 0.29) is 17.8 Å². The van der Waals surface area contributed by atoms with Gasteiger partial charge in [0.2, 0.25) is 5.91 Å². The van der Waals surface area contributed by atoms with Crippen LogP contribution in [0.15, 0.2) is 72.0 Å². The van der Waals surface area contributed by atoms with E-state index in [0.717, 1.165) is 43.6 Å². The average molecular weight is 479 g/mol. The van der Waals surface area contributed by atoms with Crippen molar-refractivity contribution in [1.82, 2.24) is 25.5 Å². The lowest BCUT2D eigenvalue weighted by Crippen LogP contribution is -2.42. The zero-order valence-electron chi connectivity index (χ0n) is 18.8. The Kier molecular flexibility index (Phi) is 6.82. The van der Waals surface area contributed by atoms with E-state index in [2.05, 4.69) is 61.3 Å². The molecule has 2 aromatic rings. The highest BCUT2D eigenvalue weighted by atomic mass is 32.1. The Bertz CT molecular complexity index is 1180. The Morgan fingerprint density at radius 2 is 2.24 bits per heavy atom. The number of anilines is 1. The summed E-state index contributed by atoms with van der Waals surface area (Å²) in [5, 5.41) is 10.4. The Morgan fingerprint density at radius 1 is 1.29 bits per heavy atom. The molecule has 0 bridgehead atoms. The van der Waals surface area contributed by atoms with E-state index in [1.807, 2.05) is 0 Å². The highest BCUT2D eigenvalue weighted by molar-refractivity contribution is 7.18. The zero-order valence-corrected chi connectivity index (χ0v) is 19.6. The SMILES string of the molecule is O=C(NCCN1C=CCC2=C1C=C(Nc1ncc(-c3ncccc3F)s1)CC=C2)[C@@H]1CCCN1. The molecule has 3 N–H and O–H groups in total. The molecule has 34 heavy (non-hydrogen) atoms. The number of rotatable bonds is 7. The number of aromatic nitrogens is 2. The van der Waals surface area contributed by atoms with Crippen LogP contribution in [0.5, 0.6) is 0 Å². The van der Waals surface area contributed by atoms with Crippen molar-refractivity contribution in [2.75, 3.05) is 25.0 Å². The minimum absolute atomic E-state index is 0.0639. The first-order valence-corrected chi connectivity index (χ1v) is 12.4. The first kappa shape index (κ1) is 22.5. The Hall–Kier alpha value is -3.30. The Balaban J connectivity index is 1.26. The van der Waals surface area contributed by atoms with Gasteiger partial charge in [-0.25, -0.2) is 9.37 Å². The molecule has 0 aromatic carbocycles. The molecule has 1 aliphatic carbocycles. The molecule has 3 aliphatic rings. The molecule has 1 saturated heterocycles. The van der Waals surface area contributed by atoms with Gasteiger partial charge >= 0.3 is 0 Å². The molecule has 176 valence electrons. The van der Waals surface area contributed by atoms with Crippen molar-refractivity contribution in [3.63, 3.8) is 0 Å². The molecule has 0 radical (unpaired) electrons. The third kappa shape index (κ3) is 5.10. The second kappa shape index (κ2) is 10.3. The van der Waals surface area contributed by atoms with Gasteiger partial charge in [0.05, 0.1) is 10.9 Å². The first-order valence-electron chi connectivity index (χ1n) is 11.6. The molecule has 9 heteroatoms. The first-order chi connectivity index (χ1) is 16.7. The van der Waals surface area contributed by atoms with Crippen LogP contribution in [0, 0.1) is 5.82 Å². The molecule has 2 aliphatic heterocycles. The number of hydrogen-bond acceptors (Lipinski definition) is 7. The Labute approximate surface area is 202 Å². The van der Waals surface area contributed by atoms with Gasteiger partial charge in [-0.2, -0.15) is 0 Å². The summed E-state index contributed by atoms with van der Waals surface area (Å²) < 4.78 is 14.1. The maximum absolute atomic E-state index is 14.1. The van der Waals surface area contributed by atoms with Gasteiger partial charge in [0.1, 0.15) is 11.5 Å². The van der Waals surface area contributed by atoms with Crippen molar-refractivity contribution >= 4 is 22.4 Å². The lowest BCUT2D eigenvalue weighted by molar-refractivity contribution is -0.122. The largest absolute Gasteiger partial charge is 0.353 e. The standard InChI is InChI=1S/C25H27FN6OS/c26-19-8-2-11-28-23(19)22-16-30-25(34-22)31-18-7-1-5-17-6-4-13-32(21(17)15-18)14-12-29-24(33)20-9-3-10-27-20/h1-2,4-5,8,11,13,15-16,20,27H,3,6-7,9-10,12,14H2,(H,29,33)(H,30,31)/t20-/m0/s1. The van der Waals surface area contributed by atoms with Crippen molar-refractivity contribution in [2.24, 2.45) is 0 Å². The van der Waals surface area contributed by atoms with Crippen LogP contribution >= 0.6 is 11.3 Å². The van der Waals surface area contributed by atoms with E-state index in [4.69, 9.17) is 0 Å². The normalized spacial score (nSPS) is 19.6. The van der Waals surface area contributed by atoms with Gasteiger partial charge in [0.15, 0.2) is 5.13 Å². The quantitative estimate of drug-likeness (QED) is 0.559. The minimum Gasteiger partial charge on any atom is -0.353 e. The summed E-state index contributed by atoms with van der Waals surface area (Å²) in [6.07, 6.45) is 17.4. The van der Waals surface area contributed by atoms with Crippen LogP contribution in [-0.4, -0.2) is 46.5 Å². The van der Waals surface area contributed by atoms with E-state index in [0.29, 0.717) is 28.8 Å². The smallest absolute Gasteiger partial charge is 0.237 e. The van der Waals surface area contributed by atoms with Crippen LogP contribution in [0.25, 0.3) is 10.6 Å². The van der Waals surface area contributed by atoms with Gasteiger partial charge in [0.25, 0.3) is 0 Å². The van der Waals surface area contributed by atoms with Gasteiger partial charge in [-0.3, -0.25) is 9.78 Å². The fourth-order valence-corrected chi connectivity index (χ4v) is 5.16. The van der Waals surface area contributed by atoms with E-state index < -0.39 is 0 Å². The van der Waals surface area contributed by atoms with E-state index >= 15 is 0 Å². The van der Waals surface area contributed by atoms with Gasteiger partial charge in [-0.15, -0.1) is 0 Å². The number of allylic oxidation sites excluding steroid dienone is 5. The topological polar surface area (TPSA) is 82.2 Å². The summed E-state index contributed by atoms with van der Waals surface area (Å²) in [6, 6.07) is 2.92. The summed E-state index contributed by atoms with van der Waals surface area (Å²) >= 11 is 1.37. The maximum Gasteiger partial charge on any atom is 0.237 e. The molecule has 0 saturated carbocycles. The van der Waals surface area contributed by atoms with Crippen LogP contribution in [0.4, 0.5) is 9.52 Å².